The van der Waals surface area contributed by atoms with E-state index in [2.05, 4.69) is 5.32 Å². The number of sulfone groups is 1. The van der Waals surface area contributed by atoms with Gasteiger partial charge in [-0.15, -0.1) is 11.3 Å². The molecule has 7 nitrogen and oxygen atoms in total. The lowest BCUT2D eigenvalue weighted by Gasteiger charge is -2.13. The normalized spacial score (nSPS) is 12.0. The number of benzene rings is 1. The number of carbonyl (C=O) groups excluding carboxylic acids is 2. The molecule has 0 aliphatic carbocycles. The maximum atomic E-state index is 12.1. The summed E-state index contributed by atoms with van der Waals surface area (Å²) < 4.78 is 28.4. The van der Waals surface area contributed by atoms with Gasteiger partial charge in [-0.2, -0.15) is 5.26 Å². The summed E-state index contributed by atoms with van der Waals surface area (Å²) in [6.45, 7) is 1.84. The van der Waals surface area contributed by atoms with Crippen LogP contribution in [0.2, 0.25) is 0 Å². The molecule has 1 amide bonds. The molecule has 1 aromatic heterocycles. The molecule has 9 heteroatoms. The van der Waals surface area contributed by atoms with Crippen LogP contribution in [0, 0.1) is 11.3 Å². The zero-order valence-corrected chi connectivity index (χ0v) is 16.2. The molecule has 1 heterocycles. The van der Waals surface area contributed by atoms with E-state index < -0.39 is 33.6 Å². The number of esters is 1. The summed E-state index contributed by atoms with van der Waals surface area (Å²) in [7, 11) is -3.50. The first-order chi connectivity index (χ1) is 12.8. The second kappa shape index (κ2) is 9.30. The Hall–Kier alpha value is -2.70. The highest BCUT2D eigenvalue weighted by atomic mass is 32.2. The third-order valence-electron chi connectivity index (χ3n) is 3.53. The number of nitrogens with zero attached hydrogens (tertiary/aromatic N) is 1. The van der Waals surface area contributed by atoms with Gasteiger partial charge in [0.05, 0.1) is 23.9 Å². The van der Waals surface area contributed by atoms with Crippen molar-refractivity contribution in [2.24, 2.45) is 0 Å². The standard InChI is InChI=1S/C18H18N2O5S2/c1-13(17(21)20-11-16-3-2-9-26-16)25-18(22)15-6-4-14(5-7-15)12-27(23,24)10-8-19/h2-7,9,13H,10-12H2,1H3,(H,20,21)/t13-/m1/s1. The van der Waals surface area contributed by atoms with Crippen LogP contribution in [0.1, 0.15) is 27.7 Å². The molecule has 142 valence electrons. The summed E-state index contributed by atoms with van der Waals surface area (Å²) in [6.07, 6.45) is -0.965. The molecule has 0 aliphatic rings. The van der Waals surface area contributed by atoms with Gasteiger partial charge in [0, 0.05) is 4.88 Å². The molecule has 0 saturated heterocycles. The number of amides is 1. The number of rotatable bonds is 8. The van der Waals surface area contributed by atoms with Crippen LogP contribution in [0.5, 0.6) is 0 Å². The molecule has 27 heavy (non-hydrogen) atoms. The van der Waals surface area contributed by atoms with Crippen molar-refractivity contribution >= 4 is 33.1 Å². The van der Waals surface area contributed by atoms with E-state index in [0.717, 1.165) is 4.88 Å². The van der Waals surface area contributed by atoms with Crippen molar-refractivity contribution in [2.45, 2.75) is 25.3 Å². The highest BCUT2D eigenvalue weighted by molar-refractivity contribution is 7.90. The van der Waals surface area contributed by atoms with Crippen LogP contribution in [-0.2, 0) is 31.7 Å². The third-order valence-corrected chi connectivity index (χ3v) is 5.75. The highest BCUT2D eigenvalue weighted by Gasteiger charge is 2.19. The van der Waals surface area contributed by atoms with Crippen molar-refractivity contribution in [3.8, 4) is 6.07 Å². The van der Waals surface area contributed by atoms with Crippen molar-refractivity contribution in [1.29, 1.82) is 5.26 Å². The van der Waals surface area contributed by atoms with Crippen LogP contribution < -0.4 is 5.32 Å². The molecule has 0 bridgehead atoms. The number of hydrogen-bond donors (Lipinski definition) is 1. The number of nitriles is 1. The first-order valence-corrected chi connectivity index (χ1v) is 10.7. The summed E-state index contributed by atoms with van der Waals surface area (Å²) in [5.41, 5.74) is 0.665. The van der Waals surface area contributed by atoms with Crippen LogP contribution in [0.15, 0.2) is 41.8 Å². The maximum Gasteiger partial charge on any atom is 0.338 e. The lowest BCUT2D eigenvalue weighted by Crippen LogP contribution is -2.35. The van der Waals surface area contributed by atoms with E-state index in [1.54, 1.807) is 6.07 Å². The zero-order valence-electron chi connectivity index (χ0n) is 14.5. The van der Waals surface area contributed by atoms with E-state index in [9.17, 15) is 18.0 Å². The molecule has 0 unspecified atom stereocenters. The van der Waals surface area contributed by atoms with Gasteiger partial charge in [0.1, 0.15) is 5.75 Å². The molecule has 0 saturated carbocycles. The van der Waals surface area contributed by atoms with E-state index >= 15 is 0 Å². The van der Waals surface area contributed by atoms with Crippen molar-refractivity contribution in [1.82, 2.24) is 5.32 Å². The van der Waals surface area contributed by atoms with Crippen LogP contribution >= 0.6 is 11.3 Å². The molecule has 1 aromatic carbocycles. The average molecular weight is 406 g/mol. The second-order valence-corrected chi connectivity index (χ2v) is 8.83. The molecule has 1 atom stereocenters. The van der Waals surface area contributed by atoms with Gasteiger partial charge in [-0.1, -0.05) is 18.2 Å². The molecule has 0 fully saturated rings. The van der Waals surface area contributed by atoms with Gasteiger partial charge in [0.15, 0.2) is 15.9 Å². The van der Waals surface area contributed by atoms with Crippen LogP contribution in [0.4, 0.5) is 0 Å². The Kier molecular flexibility index (Phi) is 7.10. The van der Waals surface area contributed by atoms with E-state index in [0.29, 0.717) is 12.1 Å². The zero-order chi connectivity index (χ0) is 19.9. The first kappa shape index (κ1) is 20.6. The molecule has 2 aromatic rings. The van der Waals surface area contributed by atoms with Gasteiger partial charge in [-0.25, -0.2) is 13.2 Å². The monoisotopic (exact) mass is 406 g/mol. The predicted molar refractivity (Wildman–Crippen MR) is 101 cm³/mol. The van der Waals surface area contributed by atoms with Crippen molar-refractivity contribution in [3.63, 3.8) is 0 Å². The Bertz CT molecular complexity index is 929. The lowest BCUT2D eigenvalue weighted by atomic mass is 10.1. The van der Waals surface area contributed by atoms with Gasteiger partial charge in [-0.05, 0) is 36.1 Å². The lowest BCUT2D eigenvalue weighted by molar-refractivity contribution is -0.129. The smallest absolute Gasteiger partial charge is 0.338 e. The van der Waals surface area contributed by atoms with Gasteiger partial charge in [0.2, 0.25) is 0 Å². The Balaban J connectivity index is 1.89. The molecule has 2 rings (SSSR count). The Morgan fingerprint density at radius 3 is 2.56 bits per heavy atom. The number of ether oxygens (including phenoxy) is 1. The first-order valence-electron chi connectivity index (χ1n) is 7.98. The summed E-state index contributed by atoms with van der Waals surface area (Å²) in [6, 6.07) is 11.2. The topological polar surface area (TPSA) is 113 Å². The fourth-order valence-electron chi connectivity index (χ4n) is 2.15. The van der Waals surface area contributed by atoms with Crippen LogP contribution in [-0.4, -0.2) is 32.2 Å². The van der Waals surface area contributed by atoms with Gasteiger partial charge >= 0.3 is 5.97 Å². The minimum absolute atomic E-state index is 0.203. The summed E-state index contributed by atoms with van der Waals surface area (Å²) in [4.78, 5) is 25.1. The van der Waals surface area contributed by atoms with Crippen molar-refractivity contribution in [2.75, 3.05) is 5.75 Å². The molecular formula is C18H18N2O5S2. The van der Waals surface area contributed by atoms with Gasteiger partial charge in [0.25, 0.3) is 5.91 Å². The average Bonchev–Trinajstić information content (AvgIpc) is 3.13. The summed E-state index contributed by atoms with van der Waals surface area (Å²) in [5, 5.41) is 13.1. The number of hydrogen-bond acceptors (Lipinski definition) is 7. The number of thiophene rings is 1. The minimum atomic E-state index is -3.50. The van der Waals surface area contributed by atoms with Crippen LogP contribution in [0.25, 0.3) is 0 Å². The van der Waals surface area contributed by atoms with Crippen molar-refractivity contribution < 1.29 is 22.7 Å². The van der Waals surface area contributed by atoms with Gasteiger partial charge in [-0.3, -0.25) is 4.79 Å². The molecule has 0 spiro atoms. The second-order valence-electron chi connectivity index (χ2n) is 5.73. The van der Waals surface area contributed by atoms with Crippen molar-refractivity contribution in [3.05, 3.63) is 57.8 Å². The third kappa shape index (κ3) is 6.51. The van der Waals surface area contributed by atoms with Gasteiger partial charge < -0.3 is 10.1 Å². The van der Waals surface area contributed by atoms with E-state index in [1.165, 1.54) is 42.5 Å². The molecule has 0 aliphatic heterocycles. The Labute approximate surface area is 161 Å². The fourth-order valence-corrected chi connectivity index (χ4v) is 3.80. The predicted octanol–water partition coefficient (Wildman–Crippen LogP) is 2.05. The SMILES string of the molecule is C[C@@H](OC(=O)c1ccc(CS(=O)(=O)CC#N)cc1)C(=O)NCc1cccs1. The summed E-state index contributed by atoms with van der Waals surface area (Å²) in [5.74, 6) is -1.93. The Morgan fingerprint density at radius 2 is 1.96 bits per heavy atom. The number of carbonyl (C=O) groups is 2. The maximum absolute atomic E-state index is 12.1. The Morgan fingerprint density at radius 1 is 1.26 bits per heavy atom. The molecule has 0 radical (unpaired) electrons. The molecular weight excluding hydrogens is 388 g/mol. The fraction of sp³-hybridized carbons (Fsp3) is 0.278. The van der Waals surface area contributed by atoms with E-state index in [-0.39, 0.29) is 11.3 Å². The van der Waals surface area contributed by atoms with Crippen LogP contribution in [0.3, 0.4) is 0 Å². The highest BCUT2D eigenvalue weighted by Crippen LogP contribution is 2.11. The summed E-state index contributed by atoms with van der Waals surface area (Å²) >= 11 is 1.51. The number of nitrogens with one attached hydrogen (secondary N) is 1. The quantitative estimate of drug-likeness (QED) is 0.671. The van der Waals surface area contributed by atoms with E-state index in [1.807, 2.05) is 17.5 Å². The minimum Gasteiger partial charge on any atom is -0.449 e. The van der Waals surface area contributed by atoms with E-state index in [4.69, 9.17) is 10.00 Å². The molecule has 1 N–H and O–H groups in total. The largest absolute Gasteiger partial charge is 0.449 e.